The highest BCUT2D eigenvalue weighted by Crippen LogP contribution is 2.44. The maximum Gasteiger partial charge on any atom is 0.317 e. The van der Waals surface area contributed by atoms with Crippen molar-refractivity contribution in [1.82, 2.24) is 20.0 Å². The summed E-state index contributed by atoms with van der Waals surface area (Å²) >= 11 is 0. The molecule has 2 heterocycles. The first-order chi connectivity index (χ1) is 14.9. The summed E-state index contributed by atoms with van der Waals surface area (Å²) < 4.78 is 0. The molecule has 2 aliphatic heterocycles. The molecule has 162 valence electrons. The summed E-state index contributed by atoms with van der Waals surface area (Å²) in [4.78, 5) is 44.1. The molecule has 2 fully saturated rings. The van der Waals surface area contributed by atoms with Crippen LogP contribution in [-0.4, -0.2) is 72.8 Å². The van der Waals surface area contributed by atoms with Gasteiger partial charge in [0, 0.05) is 58.3 Å². The molecule has 2 aromatic rings. The highest BCUT2D eigenvalue weighted by molar-refractivity contribution is 5.96. The van der Waals surface area contributed by atoms with Gasteiger partial charge in [0.25, 0.3) is 5.91 Å². The Bertz CT molecular complexity index is 963. The van der Waals surface area contributed by atoms with Gasteiger partial charge in [-0.05, 0) is 17.7 Å². The van der Waals surface area contributed by atoms with Crippen molar-refractivity contribution < 1.29 is 14.4 Å². The Hall–Kier alpha value is -3.35. The summed E-state index contributed by atoms with van der Waals surface area (Å²) in [5.74, 6) is -0.183. The highest BCUT2D eigenvalue weighted by Gasteiger charge is 2.59. The van der Waals surface area contributed by atoms with Crippen molar-refractivity contribution in [2.24, 2.45) is 11.3 Å². The Balaban J connectivity index is 1.48. The minimum Gasteiger partial charge on any atom is -0.348 e. The molecule has 0 bridgehead atoms. The maximum absolute atomic E-state index is 13.2. The zero-order valence-electron chi connectivity index (χ0n) is 18.0. The molecule has 4 rings (SSSR count). The second-order valence-corrected chi connectivity index (χ2v) is 8.63. The summed E-state index contributed by atoms with van der Waals surface area (Å²) in [6.45, 7) is 2.00. The van der Waals surface area contributed by atoms with E-state index < -0.39 is 5.41 Å². The number of amides is 4. The predicted molar refractivity (Wildman–Crippen MR) is 117 cm³/mol. The third kappa shape index (κ3) is 4.00. The molecule has 2 saturated heterocycles. The lowest BCUT2D eigenvalue weighted by atomic mass is 9.80. The summed E-state index contributed by atoms with van der Waals surface area (Å²) in [5, 5.41) is 2.96. The number of urea groups is 1. The standard InChI is InChI=1S/C24H28N4O3/c1-26(2)22(30)24-16-27(21(29)19-11-7-4-8-12-19)14-20(24)15-28(17-24)23(31)25-13-18-9-5-3-6-10-18/h3-12,20H,13-17H2,1-2H3,(H,25,31)/t20-,24-/m0/s1. The molecular weight excluding hydrogens is 392 g/mol. The van der Waals surface area contributed by atoms with Gasteiger partial charge in [0.2, 0.25) is 5.91 Å². The van der Waals surface area contributed by atoms with Crippen molar-refractivity contribution in [2.45, 2.75) is 6.54 Å². The van der Waals surface area contributed by atoms with E-state index in [4.69, 9.17) is 0 Å². The average Bonchev–Trinajstić information content (AvgIpc) is 3.33. The van der Waals surface area contributed by atoms with Crippen molar-refractivity contribution >= 4 is 17.8 Å². The normalized spacial score (nSPS) is 22.2. The molecule has 7 nitrogen and oxygen atoms in total. The second-order valence-electron chi connectivity index (χ2n) is 8.63. The Kier molecular flexibility index (Phi) is 5.67. The van der Waals surface area contributed by atoms with Gasteiger partial charge in [-0.15, -0.1) is 0 Å². The summed E-state index contributed by atoms with van der Waals surface area (Å²) in [5.41, 5.74) is 0.874. The average molecular weight is 421 g/mol. The molecule has 0 saturated carbocycles. The second kappa shape index (κ2) is 8.41. The van der Waals surface area contributed by atoms with Crippen molar-refractivity contribution in [2.75, 3.05) is 40.3 Å². The first kappa shape index (κ1) is 20.9. The van der Waals surface area contributed by atoms with Crippen LogP contribution in [0.5, 0.6) is 0 Å². The zero-order valence-corrected chi connectivity index (χ0v) is 18.0. The van der Waals surface area contributed by atoms with E-state index in [1.54, 1.807) is 40.9 Å². The lowest BCUT2D eigenvalue weighted by Gasteiger charge is -2.30. The van der Waals surface area contributed by atoms with Crippen molar-refractivity contribution in [1.29, 1.82) is 0 Å². The molecule has 31 heavy (non-hydrogen) atoms. The number of benzene rings is 2. The van der Waals surface area contributed by atoms with E-state index in [1.165, 1.54) is 0 Å². The van der Waals surface area contributed by atoms with Gasteiger partial charge in [-0.1, -0.05) is 48.5 Å². The molecule has 0 radical (unpaired) electrons. The third-order valence-corrected chi connectivity index (χ3v) is 6.32. The van der Waals surface area contributed by atoms with Gasteiger partial charge in [-0.25, -0.2) is 4.79 Å². The van der Waals surface area contributed by atoms with Gasteiger partial charge in [0.1, 0.15) is 0 Å². The molecule has 0 aliphatic carbocycles. The first-order valence-electron chi connectivity index (χ1n) is 10.5. The Morgan fingerprint density at radius 3 is 2.16 bits per heavy atom. The van der Waals surface area contributed by atoms with E-state index in [2.05, 4.69) is 5.32 Å². The van der Waals surface area contributed by atoms with Gasteiger partial charge in [-0.2, -0.15) is 0 Å². The number of rotatable bonds is 4. The largest absolute Gasteiger partial charge is 0.348 e. The number of fused-ring (bicyclic) bond motifs is 1. The van der Waals surface area contributed by atoms with E-state index in [9.17, 15) is 14.4 Å². The molecule has 7 heteroatoms. The van der Waals surface area contributed by atoms with Crippen molar-refractivity contribution in [3.8, 4) is 0 Å². The Morgan fingerprint density at radius 1 is 0.935 bits per heavy atom. The number of likely N-dealkylation sites (tertiary alicyclic amines) is 2. The summed E-state index contributed by atoms with van der Waals surface area (Å²) in [6, 6.07) is 18.7. The maximum atomic E-state index is 13.2. The van der Waals surface area contributed by atoms with Crippen LogP contribution < -0.4 is 5.32 Å². The van der Waals surface area contributed by atoms with Crippen LogP contribution in [0.3, 0.4) is 0 Å². The van der Waals surface area contributed by atoms with E-state index in [0.29, 0.717) is 38.3 Å². The molecule has 0 aromatic heterocycles. The van der Waals surface area contributed by atoms with Gasteiger partial charge < -0.3 is 20.0 Å². The van der Waals surface area contributed by atoms with Gasteiger partial charge in [-0.3, -0.25) is 9.59 Å². The fourth-order valence-electron chi connectivity index (χ4n) is 4.77. The van der Waals surface area contributed by atoms with E-state index in [-0.39, 0.29) is 23.8 Å². The van der Waals surface area contributed by atoms with Crippen LogP contribution in [-0.2, 0) is 11.3 Å². The van der Waals surface area contributed by atoms with E-state index in [0.717, 1.165) is 5.56 Å². The van der Waals surface area contributed by atoms with Crippen LogP contribution in [0, 0.1) is 11.3 Å². The molecular formula is C24H28N4O3. The van der Waals surface area contributed by atoms with Crippen LogP contribution in [0.4, 0.5) is 4.79 Å². The van der Waals surface area contributed by atoms with Crippen LogP contribution in [0.1, 0.15) is 15.9 Å². The molecule has 0 spiro atoms. The fourth-order valence-corrected chi connectivity index (χ4v) is 4.77. The number of carbonyl (C=O) groups excluding carboxylic acids is 3. The van der Waals surface area contributed by atoms with Crippen LogP contribution in [0.25, 0.3) is 0 Å². The fraction of sp³-hybridized carbons (Fsp3) is 0.375. The highest BCUT2D eigenvalue weighted by atomic mass is 16.2. The first-order valence-corrected chi connectivity index (χ1v) is 10.5. The lowest BCUT2D eigenvalue weighted by Crippen LogP contribution is -2.49. The number of hydrogen-bond acceptors (Lipinski definition) is 3. The molecule has 0 unspecified atom stereocenters. The molecule has 2 atom stereocenters. The van der Waals surface area contributed by atoms with E-state index in [1.807, 2.05) is 48.5 Å². The monoisotopic (exact) mass is 420 g/mol. The van der Waals surface area contributed by atoms with Crippen LogP contribution >= 0.6 is 0 Å². The van der Waals surface area contributed by atoms with Crippen LogP contribution in [0.15, 0.2) is 60.7 Å². The van der Waals surface area contributed by atoms with Crippen molar-refractivity contribution in [3.05, 3.63) is 71.8 Å². The molecule has 1 N–H and O–H groups in total. The minimum absolute atomic E-state index is 0.0285. The lowest BCUT2D eigenvalue weighted by molar-refractivity contribution is -0.139. The minimum atomic E-state index is -0.766. The SMILES string of the molecule is CN(C)C(=O)[C@@]12CN(C(=O)NCc3ccccc3)C[C@@H]1CN(C(=O)c1ccccc1)C2. The zero-order chi connectivity index (χ0) is 22.0. The van der Waals surface area contributed by atoms with Crippen LogP contribution in [0.2, 0.25) is 0 Å². The molecule has 2 aromatic carbocycles. The van der Waals surface area contributed by atoms with Gasteiger partial charge >= 0.3 is 6.03 Å². The molecule has 4 amide bonds. The Labute approximate surface area is 182 Å². The number of carbonyl (C=O) groups is 3. The molecule has 2 aliphatic rings. The van der Waals surface area contributed by atoms with Crippen molar-refractivity contribution in [3.63, 3.8) is 0 Å². The Morgan fingerprint density at radius 2 is 1.52 bits per heavy atom. The van der Waals surface area contributed by atoms with E-state index >= 15 is 0 Å². The predicted octanol–water partition coefficient (Wildman–Crippen LogP) is 2.06. The number of nitrogens with one attached hydrogen (secondary N) is 1. The van der Waals surface area contributed by atoms with Gasteiger partial charge in [0.15, 0.2) is 0 Å². The third-order valence-electron chi connectivity index (χ3n) is 6.32. The smallest absolute Gasteiger partial charge is 0.317 e. The summed E-state index contributed by atoms with van der Waals surface area (Å²) in [7, 11) is 3.46. The summed E-state index contributed by atoms with van der Waals surface area (Å²) in [6.07, 6.45) is 0. The quantitative estimate of drug-likeness (QED) is 0.823. The topological polar surface area (TPSA) is 73.0 Å². The number of hydrogen-bond donors (Lipinski definition) is 1. The number of nitrogens with zero attached hydrogens (tertiary/aromatic N) is 3. The van der Waals surface area contributed by atoms with Gasteiger partial charge in [0.05, 0.1) is 5.41 Å².